The van der Waals surface area contributed by atoms with Gasteiger partial charge in [-0.2, -0.15) is 0 Å². The Balaban J connectivity index is 2.10. The van der Waals surface area contributed by atoms with Gasteiger partial charge in [0.1, 0.15) is 0 Å². The quantitative estimate of drug-likeness (QED) is 0.676. The SMILES string of the molecule is CC(C)N(C)CCN1CCNCC1. The van der Waals surface area contributed by atoms with Crippen LogP contribution in [0, 0.1) is 0 Å². The molecule has 1 N–H and O–H groups in total. The molecular weight excluding hydrogens is 162 g/mol. The molecule has 0 atom stereocenters. The van der Waals surface area contributed by atoms with E-state index in [1.165, 1.54) is 26.2 Å². The van der Waals surface area contributed by atoms with Gasteiger partial charge in [-0.05, 0) is 20.9 Å². The molecule has 0 saturated carbocycles. The molecule has 0 aliphatic carbocycles. The summed E-state index contributed by atoms with van der Waals surface area (Å²) in [5.74, 6) is 0. The Hall–Kier alpha value is -0.120. The van der Waals surface area contributed by atoms with Gasteiger partial charge in [-0.15, -0.1) is 0 Å². The standard InChI is InChI=1S/C10H23N3/c1-10(2)12(3)8-9-13-6-4-11-5-7-13/h10-11H,4-9H2,1-3H3. The second kappa shape index (κ2) is 5.58. The van der Waals surface area contributed by atoms with Crippen molar-refractivity contribution < 1.29 is 0 Å². The number of rotatable bonds is 4. The summed E-state index contributed by atoms with van der Waals surface area (Å²) in [5.41, 5.74) is 0. The zero-order valence-corrected chi connectivity index (χ0v) is 9.21. The van der Waals surface area contributed by atoms with E-state index in [4.69, 9.17) is 0 Å². The average Bonchev–Trinajstić information content (AvgIpc) is 2.15. The first-order chi connectivity index (χ1) is 6.20. The van der Waals surface area contributed by atoms with E-state index in [1.807, 2.05) is 0 Å². The molecule has 0 bridgehead atoms. The highest BCUT2D eigenvalue weighted by molar-refractivity contribution is 4.69. The minimum Gasteiger partial charge on any atom is -0.314 e. The minimum absolute atomic E-state index is 0.669. The van der Waals surface area contributed by atoms with Crippen LogP contribution in [0.15, 0.2) is 0 Å². The maximum absolute atomic E-state index is 3.37. The lowest BCUT2D eigenvalue weighted by atomic mass is 10.3. The average molecular weight is 185 g/mol. The zero-order valence-electron chi connectivity index (χ0n) is 9.21. The third-order valence-electron chi connectivity index (χ3n) is 2.86. The van der Waals surface area contributed by atoms with Crippen molar-refractivity contribution in [2.75, 3.05) is 46.3 Å². The van der Waals surface area contributed by atoms with Crippen LogP contribution < -0.4 is 5.32 Å². The van der Waals surface area contributed by atoms with Crippen molar-refractivity contribution in [1.29, 1.82) is 0 Å². The molecule has 1 aliphatic rings. The molecule has 0 radical (unpaired) electrons. The Kier molecular flexibility index (Phi) is 4.70. The van der Waals surface area contributed by atoms with Gasteiger partial charge in [-0.1, -0.05) is 0 Å². The van der Waals surface area contributed by atoms with Crippen LogP contribution in [-0.2, 0) is 0 Å². The van der Waals surface area contributed by atoms with E-state index in [0.29, 0.717) is 6.04 Å². The second-order valence-corrected chi connectivity index (χ2v) is 4.17. The highest BCUT2D eigenvalue weighted by Gasteiger charge is 2.10. The predicted octanol–water partition coefficient (Wildman–Crippen LogP) is 0.232. The van der Waals surface area contributed by atoms with Gasteiger partial charge < -0.3 is 10.2 Å². The van der Waals surface area contributed by atoms with Crippen molar-refractivity contribution in [1.82, 2.24) is 15.1 Å². The van der Waals surface area contributed by atoms with Crippen LogP contribution in [0.3, 0.4) is 0 Å². The largest absolute Gasteiger partial charge is 0.314 e. The molecule has 3 nitrogen and oxygen atoms in total. The van der Waals surface area contributed by atoms with E-state index >= 15 is 0 Å². The summed E-state index contributed by atoms with van der Waals surface area (Å²) in [4.78, 5) is 4.94. The normalized spacial score (nSPS) is 20.1. The summed E-state index contributed by atoms with van der Waals surface area (Å²) in [5, 5.41) is 3.37. The number of hydrogen-bond acceptors (Lipinski definition) is 3. The van der Waals surface area contributed by atoms with Crippen LogP contribution in [-0.4, -0.2) is 62.2 Å². The summed E-state index contributed by atoms with van der Waals surface area (Å²) in [6.45, 7) is 11.7. The minimum atomic E-state index is 0.669. The lowest BCUT2D eigenvalue weighted by molar-refractivity contribution is 0.188. The lowest BCUT2D eigenvalue weighted by Gasteiger charge is -2.30. The second-order valence-electron chi connectivity index (χ2n) is 4.17. The molecule has 0 aromatic rings. The molecule has 0 aromatic carbocycles. The molecule has 1 saturated heterocycles. The number of likely N-dealkylation sites (N-methyl/N-ethyl adjacent to an activating group) is 1. The Morgan fingerprint density at radius 3 is 2.46 bits per heavy atom. The van der Waals surface area contributed by atoms with E-state index in [-0.39, 0.29) is 0 Å². The molecule has 0 aromatic heterocycles. The Labute approximate surface area is 82.1 Å². The van der Waals surface area contributed by atoms with Crippen LogP contribution in [0.4, 0.5) is 0 Å². The summed E-state index contributed by atoms with van der Waals surface area (Å²) >= 11 is 0. The molecule has 3 heteroatoms. The van der Waals surface area contributed by atoms with Gasteiger partial charge in [0.05, 0.1) is 0 Å². The molecule has 1 rings (SSSR count). The van der Waals surface area contributed by atoms with E-state index in [9.17, 15) is 0 Å². The van der Waals surface area contributed by atoms with Crippen LogP contribution in [0.1, 0.15) is 13.8 Å². The van der Waals surface area contributed by atoms with E-state index < -0.39 is 0 Å². The first-order valence-electron chi connectivity index (χ1n) is 5.33. The third-order valence-corrected chi connectivity index (χ3v) is 2.86. The summed E-state index contributed by atoms with van der Waals surface area (Å²) in [7, 11) is 2.20. The Morgan fingerprint density at radius 2 is 1.92 bits per heavy atom. The molecule has 1 fully saturated rings. The fourth-order valence-corrected chi connectivity index (χ4v) is 1.49. The first kappa shape index (κ1) is 11.0. The van der Waals surface area contributed by atoms with Gasteiger partial charge in [0, 0.05) is 45.3 Å². The summed E-state index contributed by atoms with van der Waals surface area (Å²) in [6, 6.07) is 0.669. The highest BCUT2D eigenvalue weighted by atomic mass is 15.2. The van der Waals surface area contributed by atoms with Crippen LogP contribution in [0.2, 0.25) is 0 Å². The van der Waals surface area contributed by atoms with Crippen molar-refractivity contribution in [2.45, 2.75) is 19.9 Å². The van der Waals surface area contributed by atoms with Gasteiger partial charge in [0.25, 0.3) is 0 Å². The van der Waals surface area contributed by atoms with E-state index in [2.05, 4.69) is 36.0 Å². The monoisotopic (exact) mass is 185 g/mol. The molecule has 78 valence electrons. The fourth-order valence-electron chi connectivity index (χ4n) is 1.49. The first-order valence-corrected chi connectivity index (χ1v) is 5.33. The van der Waals surface area contributed by atoms with Crippen LogP contribution in [0.25, 0.3) is 0 Å². The number of piperazine rings is 1. The van der Waals surface area contributed by atoms with Gasteiger partial charge >= 0.3 is 0 Å². The number of nitrogens with zero attached hydrogens (tertiary/aromatic N) is 2. The molecule has 13 heavy (non-hydrogen) atoms. The van der Waals surface area contributed by atoms with Crippen molar-refractivity contribution >= 4 is 0 Å². The number of hydrogen-bond donors (Lipinski definition) is 1. The Bertz CT molecular complexity index is 130. The zero-order chi connectivity index (χ0) is 9.68. The van der Waals surface area contributed by atoms with Crippen molar-refractivity contribution in [3.05, 3.63) is 0 Å². The summed E-state index contributed by atoms with van der Waals surface area (Å²) < 4.78 is 0. The van der Waals surface area contributed by atoms with Gasteiger partial charge in [0.2, 0.25) is 0 Å². The molecular formula is C10H23N3. The van der Waals surface area contributed by atoms with Crippen molar-refractivity contribution in [3.63, 3.8) is 0 Å². The van der Waals surface area contributed by atoms with E-state index in [0.717, 1.165) is 13.1 Å². The smallest absolute Gasteiger partial charge is 0.0110 e. The molecule has 0 amide bonds. The van der Waals surface area contributed by atoms with Crippen molar-refractivity contribution in [2.24, 2.45) is 0 Å². The molecule has 0 unspecified atom stereocenters. The van der Waals surface area contributed by atoms with Crippen LogP contribution >= 0.6 is 0 Å². The van der Waals surface area contributed by atoms with Gasteiger partial charge in [0.15, 0.2) is 0 Å². The predicted molar refractivity (Wildman–Crippen MR) is 57.1 cm³/mol. The third kappa shape index (κ3) is 4.07. The molecule has 1 aliphatic heterocycles. The van der Waals surface area contributed by atoms with Crippen molar-refractivity contribution in [3.8, 4) is 0 Å². The molecule has 1 heterocycles. The number of nitrogens with one attached hydrogen (secondary N) is 1. The van der Waals surface area contributed by atoms with Crippen LogP contribution in [0.5, 0.6) is 0 Å². The highest BCUT2D eigenvalue weighted by Crippen LogP contribution is 1.96. The maximum Gasteiger partial charge on any atom is 0.0110 e. The summed E-state index contributed by atoms with van der Waals surface area (Å²) in [6.07, 6.45) is 0. The molecule has 0 spiro atoms. The fraction of sp³-hybridized carbons (Fsp3) is 1.00. The van der Waals surface area contributed by atoms with Gasteiger partial charge in [-0.3, -0.25) is 4.90 Å². The lowest BCUT2D eigenvalue weighted by Crippen LogP contribution is -2.46. The van der Waals surface area contributed by atoms with E-state index in [1.54, 1.807) is 0 Å². The topological polar surface area (TPSA) is 18.5 Å². The Morgan fingerprint density at radius 1 is 1.31 bits per heavy atom. The maximum atomic E-state index is 3.37. The van der Waals surface area contributed by atoms with Gasteiger partial charge in [-0.25, -0.2) is 0 Å².